The molecule has 0 aliphatic heterocycles. The Morgan fingerprint density at radius 1 is 1.20 bits per heavy atom. The van der Waals surface area contributed by atoms with Gasteiger partial charge in [-0.05, 0) is 24.9 Å². The number of hydrogen-bond donors (Lipinski definition) is 2. The van der Waals surface area contributed by atoms with Gasteiger partial charge < -0.3 is 11.1 Å². The topological polar surface area (TPSA) is 80.9 Å². The van der Waals surface area contributed by atoms with Gasteiger partial charge in [-0.2, -0.15) is 0 Å². The van der Waals surface area contributed by atoms with Crippen LogP contribution >= 0.6 is 11.3 Å². The van der Waals surface area contributed by atoms with Crippen molar-refractivity contribution in [3.8, 4) is 0 Å². The van der Waals surface area contributed by atoms with Crippen molar-refractivity contribution in [2.75, 3.05) is 11.9 Å². The first-order valence-electron chi connectivity index (χ1n) is 6.64. The van der Waals surface area contributed by atoms with Gasteiger partial charge in [0.2, 0.25) is 11.0 Å². The first kappa shape index (κ1) is 14.6. The van der Waals surface area contributed by atoms with Crippen molar-refractivity contribution in [1.29, 1.82) is 0 Å². The number of benzene rings is 1. The number of hydrogen-bond acceptors (Lipinski definition) is 5. The summed E-state index contributed by atoms with van der Waals surface area (Å²) in [5, 5.41) is 12.3. The summed E-state index contributed by atoms with van der Waals surface area (Å²) in [6.07, 6.45) is 2.87. The molecular formula is C14H18N4OS. The molecular weight excluding hydrogens is 272 g/mol. The van der Waals surface area contributed by atoms with E-state index in [1.807, 2.05) is 18.2 Å². The van der Waals surface area contributed by atoms with E-state index in [9.17, 15) is 4.79 Å². The van der Waals surface area contributed by atoms with Crippen molar-refractivity contribution in [3.63, 3.8) is 0 Å². The summed E-state index contributed by atoms with van der Waals surface area (Å²) in [6.45, 7) is 0.520. The third-order valence-corrected chi connectivity index (χ3v) is 3.69. The molecule has 0 radical (unpaired) electrons. The summed E-state index contributed by atoms with van der Waals surface area (Å²) >= 11 is 1.43. The predicted octanol–water partition coefficient (Wildman–Crippen LogP) is 2.00. The van der Waals surface area contributed by atoms with Crippen LogP contribution in [0, 0.1) is 0 Å². The van der Waals surface area contributed by atoms with Gasteiger partial charge in [-0.3, -0.25) is 4.79 Å². The third-order valence-electron chi connectivity index (χ3n) is 2.79. The van der Waals surface area contributed by atoms with Crippen LogP contribution in [0.5, 0.6) is 0 Å². The molecule has 0 bridgehead atoms. The molecule has 0 aliphatic carbocycles. The number of anilines is 1. The van der Waals surface area contributed by atoms with Crippen LogP contribution in [-0.4, -0.2) is 22.6 Å². The van der Waals surface area contributed by atoms with E-state index in [1.54, 1.807) is 0 Å². The molecule has 1 aromatic heterocycles. The zero-order chi connectivity index (χ0) is 14.2. The summed E-state index contributed by atoms with van der Waals surface area (Å²) in [7, 11) is 0. The van der Waals surface area contributed by atoms with Crippen LogP contribution < -0.4 is 11.1 Å². The molecule has 0 atom stereocenters. The molecule has 3 N–H and O–H groups in total. The Bertz CT molecular complexity index is 541. The molecule has 20 heavy (non-hydrogen) atoms. The number of carbonyl (C=O) groups is 1. The zero-order valence-corrected chi connectivity index (χ0v) is 12.0. The minimum atomic E-state index is -0.0544. The molecule has 0 aliphatic rings. The van der Waals surface area contributed by atoms with Crippen molar-refractivity contribution in [2.24, 2.45) is 5.73 Å². The maximum atomic E-state index is 11.5. The van der Waals surface area contributed by atoms with E-state index in [1.165, 1.54) is 16.9 Å². The standard InChI is InChI=1S/C14H18N4OS/c15-10-4-7-12(19)16-14-18-17-13(20-14)9-8-11-5-2-1-3-6-11/h1-3,5-6H,4,7-10,15H2,(H,16,18,19). The monoisotopic (exact) mass is 290 g/mol. The van der Waals surface area contributed by atoms with Gasteiger partial charge in [-0.25, -0.2) is 0 Å². The lowest BCUT2D eigenvalue weighted by Crippen LogP contribution is -2.13. The second kappa shape index (κ2) is 7.72. The van der Waals surface area contributed by atoms with E-state index in [4.69, 9.17) is 5.73 Å². The SMILES string of the molecule is NCCCC(=O)Nc1nnc(CCc2ccccc2)s1. The molecule has 5 nitrogen and oxygen atoms in total. The van der Waals surface area contributed by atoms with Crippen LogP contribution in [0.25, 0.3) is 0 Å². The summed E-state index contributed by atoms with van der Waals surface area (Å²) in [5.74, 6) is -0.0544. The third kappa shape index (κ3) is 4.71. The zero-order valence-electron chi connectivity index (χ0n) is 11.2. The first-order valence-corrected chi connectivity index (χ1v) is 7.46. The van der Waals surface area contributed by atoms with Gasteiger partial charge in [-0.1, -0.05) is 41.7 Å². The van der Waals surface area contributed by atoms with Gasteiger partial charge in [0.05, 0.1) is 0 Å². The van der Waals surface area contributed by atoms with Gasteiger partial charge in [0.1, 0.15) is 5.01 Å². The summed E-state index contributed by atoms with van der Waals surface area (Å²) in [4.78, 5) is 11.5. The lowest BCUT2D eigenvalue weighted by atomic mass is 10.1. The van der Waals surface area contributed by atoms with E-state index in [0.29, 0.717) is 24.5 Å². The Hall–Kier alpha value is -1.79. The summed E-state index contributed by atoms with van der Waals surface area (Å²) in [5.41, 5.74) is 6.64. The van der Waals surface area contributed by atoms with Crippen LogP contribution in [0.4, 0.5) is 5.13 Å². The summed E-state index contributed by atoms with van der Waals surface area (Å²) in [6, 6.07) is 10.2. The molecule has 2 rings (SSSR count). The Kier molecular flexibility index (Phi) is 5.64. The van der Waals surface area contributed by atoms with Crippen molar-refractivity contribution in [2.45, 2.75) is 25.7 Å². The van der Waals surface area contributed by atoms with Crippen LogP contribution in [-0.2, 0) is 17.6 Å². The maximum Gasteiger partial charge on any atom is 0.226 e. The molecule has 0 saturated heterocycles. The van der Waals surface area contributed by atoms with E-state index >= 15 is 0 Å². The number of rotatable bonds is 7. The normalized spacial score (nSPS) is 10.4. The van der Waals surface area contributed by atoms with Gasteiger partial charge >= 0.3 is 0 Å². The molecule has 0 saturated carbocycles. The quantitative estimate of drug-likeness (QED) is 0.817. The highest BCUT2D eigenvalue weighted by molar-refractivity contribution is 7.15. The lowest BCUT2D eigenvalue weighted by Gasteiger charge is -1.99. The van der Waals surface area contributed by atoms with E-state index < -0.39 is 0 Å². The average molecular weight is 290 g/mol. The Morgan fingerprint density at radius 2 is 2.00 bits per heavy atom. The fraction of sp³-hybridized carbons (Fsp3) is 0.357. The number of amides is 1. The number of nitrogens with one attached hydrogen (secondary N) is 1. The maximum absolute atomic E-state index is 11.5. The molecule has 106 valence electrons. The van der Waals surface area contributed by atoms with Crippen LogP contribution in [0.3, 0.4) is 0 Å². The molecule has 1 amide bonds. The van der Waals surface area contributed by atoms with Crippen molar-refractivity contribution >= 4 is 22.4 Å². The molecule has 2 aromatic rings. The Morgan fingerprint density at radius 3 is 2.75 bits per heavy atom. The molecule has 0 unspecified atom stereocenters. The Balaban J connectivity index is 1.81. The van der Waals surface area contributed by atoms with Gasteiger partial charge in [0.25, 0.3) is 0 Å². The highest BCUT2D eigenvalue weighted by Crippen LogP contribution is 2.17. The van der Waals surface area contributed by atoms with Crippen molar-refractivity contribution < 1.29 is 4.79 Å². The molecule has 1 aromatic carbocycles. The first-order chi connectivity index (χ1) is 9.78. The molecule has 1 heterocycles. The fourth-order valence-corrected chi connectivity index (χ4v) is 2.50. The van der Waals surface area contributed by atoms with Crippen LogP contribution in [0.15, 0.2) is 30.3 Å². The highest BCUT2D eigenvalue weighted by Gasteiger charge is 2.07. The molecule has 6 heteroatoms. The smallest absolute Gasteiger partial charge is 0.226 e. The summed E-state index contributed by atoms with van der Waals surface area (Å²) < 4.78 is 0. The van der Waals surface area contributed by atoms with Crippen molar-refractivity contribution in [3.05, 3.63) is 40.9 Å². The molecule has 0 spiro atoms. The van der Waals surface area contributed by atoms with E-state index in [2.05, 4.69) is 27.6 Å². The van der Waals surface area contributed by atoms with E-state index in [-0.39, 0.29) is 5.91 Å². The van der Waals surface area contributed by atoms with Gasteiger partial charge in [0.15, 0.2) is 0 Å². The lowest BCUT2D eigenvalue weighted by molar-refractivity contribution is -0.116. The van der Waals surface area contributed by atoms with Crippen LogP contribution in [0.2, 0.25) is 0 Å². The number of nitrogens with zero attached hydrogens (tertiary/aromatic N) is 2. The number of carbonyl (C=O) groups excluding carboxylic acids is 1. The second-order valence-electron chi connectivity index (χ2n) is 4.43. The molecule has 0 fully saturated rings. The Labute approximate surface area is 122 Å². The minimum absolute atomic E-state index is 0.0544. The number of nitrogens with two attached hydrogens (primary N) is 1. The average Bonchev–Trinajstić information content (AvgIpc) is 2.91. The highest BCUT2D eigenvalue weighted by atomic mass is 32.1. The fourth-order valence-electron chi connectivity index (χ4n) is 1.75. The van der Waals surface area contributed by atoms with E-state index in [0.717, 1.165) is 17.8 Å². The second-order valence-corrected chi connectivity index (χ2v) is 5.49. The van der Waals surface area contributed by atoms with Crippen LogP contribution in [0.1, 0.15) is 23.4 Å². The van der Waals surface area contributed by atoms with Crippen molar-refractivity contribution in [1.82, 2.24) is 10.2 Å². The van der Waals surface area contributed by atoms with Gasteiger partial charge in [-0.15, -0.1) is 10.2 Å². The minimum Gasteiger partial charge on any atom is -0.330 e. The van der Waals surface area contributed by atoms with Gasteiger partial charge in [0, 0.05) is 12.8 Å². The number of aryl methyl sites for hydroxylation is 2. The predicted molar refractivity (Wildman–Crippen MR) is 80.7 cm³/mol. The largest absolute Gasteiger partial charge is 0.330 e. The number of aromatic nitrogens is 2.